The van der Waals surface area contributed by atoms with Gasteiger partial charge in [0.05, 0.1) is 16.8 Å². The molecule has 1 fully saturated rings. The highest BCUT2D eigenvalue weighted by Gasteiger charge is 2.21. The molecule has 17 heavy (non-hydrogen) atoms. The molecule has 0 spiro atoms. The van der Waals surface area contributed by atoms with Crippen LogP contribution in [0.4, 0.5) is 5.69 Å². The van der Waals surface area contributed by atoms with Crippen molar-refractivity contribution in [3.05, 3.63) is 28.8 Å². The summed E-state index contributed by atoms with van der Waals surface area (Å²) in [6.45, 7) is 2.03. The number of alkyl halides is 1. The monoisotopic (exact) mass is 317 g/mol. The van der Waals surface area contributed by atoms with Crippen LogP contribution in [-0.2, 0) is 10.1 Å². The second-order valence-electron chi connectivity index (χ2n) is 4.30. The van der Waals surface area contributed by atoms with E-state index in [9.17, 15) is 0 Å². The van der Waals surface area contributed by atoms with Crippen LogP contribution in [0.15, 0.2) is 18.2 Å². The van der Waals surface area contributed by atoms with Crippen LogP contribution in [0.25, 0.3) is 0 Å². The number of methoxy groups -OCH3 is 1. The Hall–Kier alpha value is -0.250. The minimum atomic E-state index is 0.404. The topological polar surface area (TPSA) is 12.5 Å². The lowest BCUT2D eigenvalue weighted by Crippen LogP contribution is -2.37. The number of piperidine rings is 1. The third kappa shape index (κ3) is 2.95. The Balaban J connectivity index is 2.17. The van der Waals surface area contributed by atoms with E-state index in [0.29, 0.717) is 6.10 Å². The Kier molecular flexibility index (Phi) is 4.71. The van der Waals surface area contributed by atoms with Crippen molar-refractivity contribution in [1.29, 1.82) is 0 Å². The zero-order chi connectivity index (χ0) is 12.3. The molecule has 2 nitrogen and oxygen atoms in total. The number of para-hydroxylation sites is 1. The van der Waals surface area contributed by atoms with E-state index < -0.39 is 0 Å². The molecule has 1 aliphatic heterocycles. The summed E-state index contributed by atoms with van der Waals surface area (Å²) in [6.07, 6.45) is 2.55. The molecular weight excluding hydrogens is 302 g/mol. The zero-order valence-corrected chi connectivity index (χ0v) is 12.3. The van der Waals surface area contributed by atoms with E-state index in [1.807, 2.05) is 12.1 Å². The molecule has 0 radical (unpaired) electrons. The molecule has 0 unspecified atom stereocenters. The fraction of sp³-hybridized carbons (Fsp3) is 0.538. The second-order valence-corrected chi connectivity index (χ2v) is 5.27. The maximum absolute atomic E-state index is 6.32. The molecule has 1 heterocycles. The smallest absolute Gasteiger partial charge is 0.0642 e. The summed E-state index contributed by atoms with van der Waals surface area (Å²) in [6, 6.07) is 6.09. The van der Waals surface area contributed by atoms with Crippen LogP contribution in [0, 0.1) is 0 Å². The highest BCUT2D eigenvalue weighted by atomic mass is 79.9. The van der Waals surface area contributed by atoms with Crippen molar-refractivity contribution < 1.29 is 4.74 Å². The first-order chi connectivity index (χ1) is 8.26. The fourth-order valence-electron chi connectivity index (χ4n) is 2.34. The van der Waals surface area contributed by atoms with E-state index in [0.717, 1.165) is 36.3 Å². The Labute approximate surface area is 116 Å². The summed E-state index contributed by atoms with van der Waals surface area (Å²) in [5, 5.41) is 1.69. The summed E-state index contributed by atoms with van der Waals surface area (Å²) < 4.78 is 5.39. The molecule has 1 aromatic carbocycles. The molecule has 0 atom stereocenters. The number of rotatable bonds is 3. The standard InChI is InChI=1S/C13H17BrClNO/c1-17-11-5-7-16(8-6-11)13-10(9-14)3-2-4-12(13)15/h2-4,11H,5-9H2,1H3. The van der Waals surface area contributed by atoms with E-state index >= 15 is 0 Å². The summed E-state index contributed by atoms with van der Waals surface area (Å²) in [7, 11) is 1.79. The Morgan fingerprint density at radius 2 is 2.12 bits per heavy atom. The van der Waals surface area contributed by atoms with Crippen LogP contribution in [0.5, 0.6) is 0 Å². The minimum absolute atomic E-state index is 0.404. The first-order valence-corrected chi connectivity index (χ1v) is 7.37. The predicted molar refractivity (Wildman–Crippen MR) is 76.3 cm³/mol. The van der Waals surface area contributed by atoms with Gasteiger partial charge in [0.15, 0.2) is 0 Å². The maximum Gasteiger partial charge on any atom is 0.0642 e. The lowest BCUT2D eigenvalue weighted by molar-refractivity contribution is 0.0819. The highest BCUT2D eigenvalue weighted by Crippen LogP contribution is 2.33. The Bertz CT molecular complexity index is 378. The van der Waals surface area contributed by atoms with Crippen molar-refractivity contribution in [2.24, 2.45) is 0 Å². The van der Waals surface area contributed by atoms with E-state index in [-0.39, 0.29) is 0 Å². The number of benzene rings is 1. The van der Waals surface area contributed by atoms with Gasteiger partial charge in [0, 0.05) is 25.5 Å². The third-order valence-corrected chi connectivity index (χ3v) is 4.21. The van der Waals surface area contributed by atoms with Crippen molar-refractivity contribution in [2.75, 3.05) is 25.1 Å². The van der Waals surface area contributed by atoms with Crippen molar-refractivity contribution >= 4 is 33.2 Å². The van der Waals surface area contributed by atoms with E-state index in [4.69, 9.17) is 16.3 Å². The lowest BCUT2D eigenvalue weighted by atomic mass is 10.1. The fourth-order valence-corrected chi connectivity index (χ4v) is 3.10. The van der Waals surface area contributed by atoms with Gasteiger partial charge in [-0.05, 0) is 24.5 Å². The van der Waals surface area contributed by atoms with Crippen LogP contribution in [-0.4, -0.2) is 26.3 Å². The summed E-state index contributed by atoms with van der Waals surface area (Å²) in [4.78, 5) is 2.37. The average molecular weight is 319 g/mol. The van der Waals surface area contributed by atoms with E-state index in [1.54, 1.807) is 7.11 Å². The van der Waals surface area contributed by atoms with E-state index in [1.165, 1.54) is 11.3 Å². The second kappa shape index (κ2) is 6.07. The maximum atomic E-state index is 6.32. The van der Waals surface area contributed by atoms with E-state index in [2.05, 4.69) is 26.9 Å². The number of halogens is 2. The largest absolute Gasteiger partial charge is 0.381 e. The Morgan fingerprint density at radius 1 is 1.41 bits per heavy atom. The molecule has 0 saturated carbocycles. The molecule has 0 aliphatic carbocycles. The van der Waals surface area contributed by atoms with Crippen LogP contribution in [0.3, 0.4) is 0 Å². The molecule has 94 valence electrons. The molecule has 1 saturated heterocycles. The van der Waals surface area contributed by atoms with Crippen molar-refractivity contribution in [3.8, 4) is 0 Å². The van der Waals surface area contributed by atoms with Gasteiger partial charge >= 0.3 is 0 Å². The predicted octanol–water partition coefficient (Wildman–Crippen LogP) is 3.85. The van der Waals surface area contributed by atoms with Crippen molar-refractivity contribution in [2.45, 2.75) is 24.3 Å². The van der Waals surface area contributed by atoms with Gasteiger partial charge in [0.2, 0.25) is 0 Å². The highest BCUT2D eigenvalue weighted by molar-refractivity contribution is 9.08. The number of anilines is 1. The van der Waals surface area contributed by atoms with Gasteiger partial charge in [0.1, 0.15) is 0 Å². The van der Waals surface area contributed by atoms with Gasteiger partial charge in [-0.1, -0.05) is 39.7 Å². The van der Waals surface area contributed by atoms with Crippen LogP contribution < -0.4 is 4.90 Å². The first-order valence-electron chi connectivity index (χ1n) is 5.87. The van der Waals surface area contributed by atoms with Gasteiger partial charge in [-0.25, -0.2) is 0 Å². The zero-order valence-electron chi connectivity index (χ0n) is 9.96. The average Bonchev–Trinajstić information content (AvgIpc) is 2.38. The van der Waals surface area contributed by atoms with Gasteiger partial charge < -0.3 is 9.64 Å². The molecule has 1 aromatic rings. The minimum Gasteiger partial charge on any atom is -0.381 e. The normalized spacial score (nSPS) is 17.5. The van der Waals surface area contributed by atoms with Gasteiger partial charge in [-0.3, -0.25) is 0 Å². The number of hydrogen-bond acceptors (Lipinski definition) is 2. The van der Waals surface area contributed by atoms with Crippen LogP contribution in [0.2, 0.25) is 5.02 Å². The number of nitrogens with zero attached hydrogens (tertiary/aromatic N) is 1. The first kappa shape index (κ1) is 13.2. The quantitative estimate of drug-likeness (QED) is 0.785. The molecule has 0 amide bonds. The van der Waals surface area contributed by atoms with Crippen LogP contribution >= 0.6 is 27.5 Å². The molecule has 1 aliphatic rings. The number of hydrogen-bond donors (Lipinski definition) is 0. The molecular formula is C13H17BrClNO. The summed E-state index contributed by atoms with van der Waals surface area (Å²) in [5.41, 5.74) is 2.44. The Morgan fingerprint density at radius 3 is 2.71 bits per heavy atom. The summed E-state index contributed by atoms with van der Waals surface area (Å²) in [5.74, 6) is 0. The van der Waals surface area contributed by atoms with Crippen molar-refractivity contribution in [3.63, 3.8) is 0 Å². The van der Waals surface area contributed by atoms with Gasteiger partial charge in [-0.2, -0.15) is 0 Å². The molecule has 2 rings (SSSR count). The lowest BCUT2D eigenvalue weighted by Gasteiger charge is -2.34. The van der Waals surface area contributed by atoms with Crippen LogP contribution in [0.1, 0.15) is 18.4 Å². The van der Waals surface area contributed by atoms with Crippen molar-refractivity contribution in [1.82, 2.24) is 0 Å². The van der Waals surface area contributed by atoms with Gasteiger partial charge in [-0.15, -0.1) is 0 Å². The van der Waals surface area contributed by atoms with Gasteiger partial charge in [0.25, 0.3) is 0 Å². The molecule has 4 heteroatoms. The number of ether oxygens (including phenoxy) is 1. The molecule has 0 bridgehead atoms. The molecule has 0 N–H and O–H groups in total. The summed E-state index contributed by atoms with van der Waals surface area (Å²) >= 11 is 9.84. The molecule has 0 aromatic heterocycles. The third-order valence-electron chi connectivity index (χ3n) is 3.31. The SMILES string of the molecule is COC1CCN(c2c(Cl)cccc2CBr)CC1.